The number of hydrogen-bond acceptors (Lipinski definition) is 5. The summed E-state index contributed by atoms with van der Waals surface area (Å²) in [5, 5.41) is 9.92. The number of hydrogen-bond donors (Lipinski definition) is 1. The quantitative estimate of drug-likeness (QED) is 0.265. The molecule has 35 heavy (non-hydrogen) atoms. The van der Waals surface area contributed by atoms with Crippen LogP contribution in [0.3, 0.4) is 0 Å². The molecule has 1 saturated heterocycles. The number of anilines is 1. The van der Waals surface area contributed by atoms with Gasteiger partial charge in [-0.1, -0.05) is 17.7 Å². The molecule has 0 spiro atoms. The average Bonchev–Trinajstić information content (AvgIpc) is 3.45. The summed E-state index contributed by atoms with van der Waals surface area (Å²) < 4.78 is 64.2. The lowest BCUT2D eigenvalue weighted by Gasteiger charge is -2.40. The first kappa shape index (κ1) is 21.8. The molecule has 6 rings (SSSR count). The lowest BCUT2D eigenvalue weighted by atomic mass is 9.91. The zero-order chi connectivity index (χ0) is 24.5. The maximum Gasteiger partial charge on any atom is 0.322 e. The van der Waals surface area contributed by atoms with E-state index in [-0.39, 0.29) is 29.1 Å². The summed E-state index contributed by atoms with van der Waals surface area (Å²) in [5.74, 6) is -5.72. The summed E-state index contributed by atoms with van der Waals surface area (Å²) in [6.45, 7) is 0. The minimum absolute atomic E-state index is 0.00186. The van der Waals surface area contributed by atoms with Crippen LogP contribution in [0.15, 0.2) is 47.2 Å². The molecule has 0 unspecified atom stereocenters. The van der Waals surface area contributed by atoms with Gasteiger partial charge in [0.2, 0.25) is 5.95 Å². The Kier molecular flexibility index (Phi) is 4.75. The maximum absolute atomic E-state index is 15.2. The van der Waals surface area contributed by atoms with Crippen molar-refractivity contribution in [2.75, 3.05) is 5.32 Å². The number of pyridine rings is 1. The van der Waals surface area contributed by atoms with Crippen molar-refractivity contribution in [2.24, 2.45) is 0 Å². The first-order valence-electron chi connectivity index (χ1n) is 10.6. The number of carbonyl (C=O) groups excluding carboxylic acids is 1. The summed E-state index contributed by atoms with van der Waals surface area (Å²) in [7, 11) is 0. The van der Waals surface area contributed by atoms with E-state index in [1.54, 1.807) is 18.2 Å². The average molecular weight is 504 g/mol. The van der Waals surface area contributed by atoms with E-state index in [2.05, 4.69) is 25.2 Å². The molecule has 2 amide bonds. The molecule has 7 nitrogen and oxygen atoms in total. The van der Waals surface area contributed by atoms with Gasteiger partial charge in [-0.3, -0.25) is 0 Å². The number of aromatic nitrogens is 3. The van der Waals surface area contributed by atoms with Crippen molar-refractivity contribution in [3.8, 4) is 11.1 Å². The Labute approximate surface area is 199 Å². The molecular weight excluding hydrogens is 490 g/mol. The minimum atomic E-state index is -3.65. The van der Waals surface area contributed by atoms with Crippen LogP contribution in [0.5, 0.6) is 0 Å². The molecule has 0 aliphatic carbocycles. The Morgan fingerprint density at radius 2 is 1.91 bits per heavy atom. The third-order valence-corrected chi connectivity index (χ3v) is 6.84. The van der Waals surface area contributed by atoms with Gasteiger partial charge < -0.3 is 10.2 Å². The molecule has 12 heteroatoms. The van der Waals surface area contributed by atoms with Crippen molar-refractivity contribution in [1.82, 2.24) is 20.2 Å². The van der Waals surface area contributed by atoms with Crippen molar-refractivity contribution < 1.29 is 27.0 Å². The van der Waals surface area contributed by atoms with Crippen LogP contribution in [0.2, 0.25) is 5.02 Å². The second-order valence-electron chi connectivity index (χ2n) is 8.41. The molecule has 178 valence electrons. The highest BCUT2D eigenvalue weighted by atomic mass is 35.5. The van der Waals surface area contributed by atoms with Gasteiger partial charge in [0.1, 0.15) is 22.9 Å². The predicted octanol–water partition coefficient (Wildman–Crippen LogP) is 6.06. The number of nitrogens with one attached hydrogen (secondary N) is 1. The minimum Gasteiger partial charge on any atom is -0.308 e. The summed E-state index contributed by atoms with van der Waals surface area (Å²) in [5.41, 5.74) is 0.767. The van der Waals surface area contributed by atoms with E-state index in [9.17, 15) is 9.18 Å². The molecule has 0 saturated carbocycles. The number of benzene rings is 2. The first-order chi connectivity index (χ1) is 16.8. The Morgan fingerprint density at radius 1 is 1.11 bits per heavy atom. The van der Waals surface area contributed by atoms with Crippen molar-refractivity contribution >= 4 is 34.4 Å². The van der Waals surface area contributed by atoms with Crippen LogP contribution in [-0.2, 0) is 5.92 Å². The highest BCUT2D eigenvalue weighted by Gasteiger charge is 2.59. The molecule has 2 aliphatic rings. The normalized spacial score (nSPS) is 20.2. The lowest BCUT2D eigenvalue weighted by Crippen LogP contribution is -2.52. The van der Waals surface area contributed by atoms with Gasteiger partial charge >= 0.3 is 6.03 Å². The van der Waals surface area contributed by atoms with Crippen LogP contribution in [-0.4, -0.2) is 32.3 Å². The Balaban J connectivity index is 1.32. The number of alkyl halides is 2. The molecule has 2 aromatic heterocycles. The fourth-order valence-corrected chi connectivity index (χ4v) is 5.25. The summed E-state index contributed by atoms with van der Waals surface area (Å²) in [6.07, 6.45) is 1.26. The second kappa shape index (κ2) is 7.64. The highest BCUT2D eigenvalue weighted by molar-refractivity contribution is 6.33. The topological polar surface area (TPSA) is 84.2 Å². The van der Waals surface area contributed by atoms with Gasteiger partial charge in [-0.2, -0.15) is 13.2 Å². The second-order valence-corrected chi connectivity index (χ2v) is 8.82. The van der Waals surface area contributed by atoms with Crippen LogP contribution >= 0.6 is 11.6 Å². The van der Waals surface area contributed by atoms with E-state index < -0.39 is 41.4 Å². The predicted molar refractivity (Wildman–Crippen MR) is 117 cm³/mol. The van der Waals surface area contributed by atoms with Crippen molar-refractivity contribution in [1.29, 1.82) is 0 Å². The molecule has 2 aliphatic heterocycles. The van der Waals surface area contributed by atoms with Crippen LogP contribution in [0.1, 0.15) is 30.0 Å². The van der Waals surface area contributed by atoms with Gasteiger partial charge in [0.15, 0.2) is 0 Å². The first-order valence-corrected chi connectivity index (χ1v) is 11.0. The standard InChI is InChI=1S/C23H14ClF4N5O2/c24-13-9-16(14(25)8-12(13)10-1-2-15-17(7-10)32-35-31-15)30-22(34)33-18-3-4-19(33)23(27,28)20-11(18)5-6-29-21(20)26/h1-2,5-9,18-19H,3-4H2,(H,30,34)/t18-,19+/m1/s1. The zero-order valence-electron chi connectivity index (χ0n) is 17.6. The molecule has 4 aromatic rings. The summed E-state index contributed by atoms with van der Waals surface area (Å²) in [4.78, 5) is 17.4. The number of urea groups is 1. The highest BCUT2D eigenvalue weighted by Crippen LogP contribution is 2.54. The van der Waals surface area contributed by atoms with Crippen molar-refractivity contribution in [3.63, 3.8) is 0 Å². The van der Waals surface area contributed by atoms with E-state index in [1.165, 1.54) is 12.1 Å². The number of carbonyl (C=O) groups is 1. The van der Waals surface area contributed by atoms with E-state index in [1.807, 2.05) is 0 Å². The smallest absolute Gasteiger partial charge is 0.308 e. The van der Waals surface area contributed by atoms with Gasteiger partial charge in [0, 0.05) is 11.8 Å². The largest absolute Gasteiger partial charge is 0.322 e. The van der Waals surface area contributed by atoms with E-state index in [0.29, 0.717) is 22.2 Å². The van der Waals surface area contributed by atoms with Crippen LogP contribution in [0.25, 0.3) is 22.2 Å². The Morgan fingerprint density at radius 3 is 2.74 bits per heavy atom. The molecule has 2 aromatic carbocycles. The molecule has 1 N–H and O–H groups in total. The van der Waals surface area contributed by atoms with Gasteiger partial charge in [-0.25, -0.2) is 18.8 Å². The molecule has 4 heterocycles. The Bertz CT molecular complexity index is 1510. The molecule has 2 bridgehead atoms. The molecular formula is C23H14ClF4N5O2. The van der Waals surface area contributed by atoms with E-state index in [0.717, 1.165) is 17.2 Å². The number of rotatable bonds is 2. The maximum atomic E-state index is 15.2. The number of amides is 2. The number of fused-ring (bicyclic) bond motifs is 5. The van der Waals surface area contributed by atoms with Crippen molar-refractivity contribution in [3.05, 3.63) is 70.5 Å². The van der Waals surface area contributed by atoms with Gasteiger partial charge in [0.05, 0.1) is 22.3 Å². The van der Waals surface area contributed by atoms with E-state index >= 15 is 13.2 Å². The van der Waals surface area contributed by atoms with Crippen LogP contribution in [0.4, 0.5) is 28.0 Å². The zero-order valence-corrected chi connectivity index (χ0v) is 18.4. The Hall–Kier alpha value is -3.73. The lowest BCUT2D eigenvalue weighted by molar-refractivity contribution is -0.0827. The molecule has 0 radical (unpaired) electrons. The fourth-order valence-electron chi connectivity index (χ4n) is 4.97. The van der Waals surface area contributed by atoms with Crippen LogP contribution in [0, 0.1) is 11.8 Å². The van der Waals surface area contributed by atoms with Crippen LogP contribution < -0.4 is 5.32 Å². The van der Waals surface area contributed by atoms with Crippen molar-refractivity contribution in [2.45, 2.75) is 30.8 Å². The summed E-state index contributed by atoms with van der Waals surface area (Å²) >= 11 is 6.37. The molecule has 1 fully saturated rings. The third kappa shape index (κ3) is 3.25. The molecule has 2 atom stereocenters. The fraction of sp³-hybridized carbons (Fsp3) is 0.217. The number of halogens is 5. The summed E-state index contributed by atoms with van der Waals surface area (Å²) in [6, 6.07) is 5.22. The van der Waals surface area contributed by atoms with Gasteiger partial charge in [0.25, 0.3) is 5.92 Å². The van der Waals surface area contributed by atoms with Gasteiger partial charge in [-0.15, -0.1) is 0 Å². The third-order valence-electron chi connectivity index (χ3n) is 6.53. The van der Waals surface area contributed by atoms with E-state index in [4.69, 9.17) is 11.6 Å². The number of nitrogens with zero attached hydrogens (tertiary/aromatic N) is 4. The SMILES string of the molecule is O=C(Nc1cc(Cl)c(-c2ccc3nonc3c2)cc1F)N1[C@@H]2CC[C@H]1C(F)(F)c1c2ccnc1F. The van der Waals surface area contributed by atoms with Gasteiger partial charge in [-0.05, 0) is 64.6 Å². The monoisotopic (exact) mass is 503 g/mol.